The summed E-state index contributed by atoms with van der Waals surface area (Å²) in [6.45, 7) is 1.46. The normalized spacial score (nSPS) is 11.4. The van der Waals surface area contributed by atoms with E-state index in [1.165, 1.54) is 25.1 Å². The van der Waals surface area contributed by atoms with Gasteiger partial charge >= 0.3 is 0 Å². The van der Waals surface area contributed by atoms with Gasteiger partial charge in [0.05, 0.1) is 15.7 Å². The molecule has 2 aromatic rings. The molecule has 112 valence electrons. The van der Waals surface area contributed by atoms with Crippen LogP contribution in [0.15, 0.2) is 26.9 Å². The number of thiazole rings is 1. The summed E-state index contributed by atoms with van der Waals surface area (Å²) >= 11 is 3.71. The van der Waals surface area contributed by atoms with E-state index < -0.39 is 21.7 Å². The maximum atomic E-state index is 13.4. The number of anilines is 1. The Morgan fingerprint density at radius 3 is 2.71 bits per heavy atom. The lowest BCUT2D eigenvalue weighted by atomic mass is 10.2. The lowest BCUT2D eigenvalue weighted by Crippen LogP contribution is -2.13. The minimum absolute atomic E-state index is 0.0162. The van der Waals surface area contributed by atoms with Crippen LogP contribution in [-0.4, -0.2) is 19.3 Å². The van der Waals surface area contributed by atoms with E-state index in [1.807, 2.05) is 0 Å². The fourth-order valence-electron chi connectivity index (χ4n) is 1.54. The number of hydrogen-bond acceptors (Lipinski definition) is 5. The highest BCUT2D eigenvalue weighted by Gasteiger charge is 2.20. The third-order valence-electron chi connectivity index (χ3n) is 2.43. The molecule has 1 aromatic carbocycles. The van der Waals surface area contributed by atoms with Crippen molar-refractivity contribution in [2.75, 3.05) is 5.32 Å². The van der Waals surface area contributed by atoms with E-state index in [0.29, 0.717) is 0 Å². The molecule has 0 spiro atoms. The minimum atomic E-state index is -3.89. The van der Waals surface area contributed by atoms with Crippen molar-refractivity contribution < 1.29 is 17.6 Å². The summed E-state index contributed by atoms with van der Waals surface area (Å²) in [6, 6.07) is 4.01. The van der Waals surface area contributed by atoms with Crippen molar-refractivity contribution in [3.8, 4) is 0 Å². The Bertz CT molecular complexity index is 820. The lowest BCUT2D eigenvalue weighted by molar-refractivity contribution is 0.102. The highest BCUT2D eigenvalue weighted by atomic mass is 79.9. The number of hydrogen-bond donors (Lipinski definition) is 2. The van der Waals surface area contributed by atoms with E-state index >= 15 is 0 Å². The van der Waals surface area contributed by atoms with Crippen LogP contribution < -0.4 is 10.5 Å². The van der Waals surface area contributed by atoms with Gasteiger partial charge in [-0.15, -0.1) is 0 Å². The fraction of sp³-hybridized carbons (Fsp3) is 0.0909. The third kappa shape index (κ3) is 3.46. The quantitative estimate of drug-likeness (QED) is 0.834. The second kappa shape index (κ2) is 5.79. The molecule has 21 heavy (non-hydrogen) atoms. The molecular weight excluding hydrogens is 385 g/mol. The lowest BCUT2D eigenvalue weighted by Gasteiger charge is -2.04. The molecule has 1 amide bonds. The molecule has 0 atom stereocenters. The van der Waals surface area contributed by atoms with E-state index in [-0.39, 0.29) is 25.1 Å². The third-order valence-corrected chi connectivity index (χ3v) is 5.86. The molecule has 0 unspecified atom stereocenters. The molecule has 10 heteroatoms. The standard InChI is InChI=1S/C11H9BrFN3O3S2/c1-5-10(21(14,18)19)20-11(15-5)16-9(17)6-3-2-4-7(13)8(6)12/h2-4H,1H3,(H2,14,18,19)(H,15,16,17). The SMILES string of the molecule is Cc1nc(NC(=O)c2cccc(F)c2Br)sc1S(N)(=O)=O. The number of rotatable bonds is 3. The summed E-state index contributed by atoms with van der Waals surface area (Å²) in [5.74, 6) is -1.20. The van der Waals surface area contributed by atoms with Crippen molar-refractivity contribution >= 4 is 48.3 Å². The summed E-state index contributed by atoms with van der Waals surface area (Å²) < 4.78 is 35.9. The zero-order valence-corrected chi connectivity index (χ0v) is 13.8. The van der Waals surface area contributed by atoms with E-state index in [0.717, 1.165) is 11.3 Å². The van der Waals surface area contributed by atoms with Gasteiger partial charge in [-0.2, -0.15) is 0 Å². The van der Waals surface area contributed by atoms with Gasteiger partial charge in [-0.3, -0.25) is 10.1 Å². The molecule has 3 N–H and O–H groups in total. The molecule has 0 radical (unpaired) electrons. The smallest absolute Gasteiger partial charge is 0.258 e. The molecule has 0 aliphatic rings. The predicted molar refractivity (Wildman–Crippen MR) is 80.3 cm³/mol. The largest absolute Gasteiger partial charge is 0.298 e. The Kier molecular flexibility index (Phi) is 4.42. The molecule has 0 aliphatic heterocycles. The summed E-state index contributed by atoms with van der Waals surface area (Å²) in [6.07, 6.45) is 0. The van der Waals surface area contributed by atoms with E-state index in [4.69, 9.17) is 5.14 Å². The van der Waals surface area contributed by atoms with Crippen molar-refractivity contribution in [1.82, 2.24) is 4.98 Å². The number of carbonyl (C=O) groups is 1. The molecule has 0 aliphatic carbocycles. The van der Waals surface area contributed by atoms with E-state index in [9.17, 15) is 17.6 Å². The number of primary sulfonamides is 1. The average Bonchev–Trinajstić information content (AvgIpc) is 2.73. The monoisotopic (exact) mass is 393 g/mol. The molecule has 1 heterocycles. The van der Waals surface area contributed by atoms with Gasteiger partial charge in [-0.05, 0) is 35.0 Å². The zero-order chi connectivity index (χ0) is 15.8. The van der Waals surface area contributed by atoms with Crippen LogP contribution in [0, 0.1) is 12.7 Å². The van der Waals surface area contributed by atoms with Gasteiger partial charge in [0.15, 0.2) is 9.34 Å². The van der Waals surface area contributed by atoms with Gasteiger partial charge in [-0.1, -0.05) is 17.4 Å². The Balaban J connectivity index is 2.31. The minimum Gasteiger partial charge on any atom is -0.298 e. The van der Waals surface area contributed by atoms with E-state index in [1.54, 1.807) is 0 Å². The van der Waals surface area contributed by atoms with Crippen LogP contribution in [0.25, 0.3) is 0 Å². The Labute approximate surface area is 132 Å². The Morgan fingerprint density at radius 2 is 2.14 bits per heavy atom. The second-order valence-electron chi connectivity index (χ2n) is 3.99. The van der Waals surface area contributed by atoms with Gasteiger partial charge in [0.25, 0.3) is 5.91 Å². The fourth-order valence-corrected chi connectivity index (χ4v) is 3.84. The topological polar surface area (TPSA) is 102 Å². The highest BCUT2D eigenvalue weighted by Crippen LogP contribution is 2.27. The number of aryl methyl sites for hydroxylation is 1. The summed E-state index contributed by atoms with van der Waals surface area (Å²) in [4.78, 5) is 15.9. The first-order valence-corrected chi connectivity index (χ1v) is 8.61. The van der Waals surface area contributed by atoms with Crippen LogP contribution >= 0.6 is 27.3 Å². The zero-order valence-electron chi connectivity index (χ0n) is 10.6. The number of nitrogens with two attached hydrogens (primary N) is 1. The number of halogens is 2. The Hall–Kier alpha value is -1.36. The maximum absolute atomic E-state index is 13.4. The van der Waals surface area contributed by atoms with Crippen LogP contribution in [0.4, 0.5) is 9.52 Å². The molecule has 2 rings (SSSR count). The molecule has 0 bridgehead atoms. The van der Waals surface area contributed by atoms with Crippen LogP contribution in [0.3, 0.4) is 0 Å². The van der Waals surface area contributed by atoms with Crippen molar-refractivity contribution in [1.29, 1.82) is 0 Å². The van der Waals surface area contributed by atoms with Gasteiger partial charge in [0.2, 0.25) is 10.0 Å². The summed E-state index contributed by atoms with van der Waals surface area (Å²) in [5, 5.41) is 7.51. The number of carbonyl (C=O) groups excluding carboxylic acids is 1. The average molecular weight is 394 g/mol. The predicted octanol–water partition coefficient (Wildman–Crippen LogP) is 2.25. The molecular formula is C11H9BrFN3O3S2. The first-order valence-electron chi connectivity index (χ1n) is 5.45. The van der Waals surface area contributed by atoms with Gasteiger partial charge in [0.1, 0.15) is 5.82 Å². The van der Waals surface area contributed by atoms with Crippen molar-refractivity contribution in [2.24, 2.45) is 5.14 Å². The van der Waals surface area contributed by atoms with Crippen LogP contribution in [0.1, 0.15) is 16.1 Å². The van der Waals surface area contributed by atoms with Crippen molar-refractivity contribution in [3.05, 3.63) is 39.7 Å². The molecule has 0 fully saturated rings. The summed E-state index contributed by atoms with van der Waals surface area (Å²) in [7, 11) is -3.89. The second-order valence-corrected chi connectivity index (χ2v) is 7.54. The number of nitrogens with zero attached hydrogens (tertiary/aromatic N) is 1. The van der Waals surface area contributed by atoms with Gasteiger partial charge < -0.3 is 0 Å². The molecule has 1 aromatic heterocycles. The number of sulfonamides is 1. The van der Waals surface area contributed by atoms with E-state index in [2.05, 4.69) is 26.2 Å². The number of benzene rings is 1. The van der Waals surface area contributed by atoms with Gasteiger partial charge in [-0.25, -0.2) is 22.9 Å². The molecule has 6 nitrogen and oxygen atoms in total. The number of nitrogens with one attached hydrogen (secondary N) is 1. The summed E-state index contributed by atoms with van der Waals surface area (Å²) in [5.41, 5.74) is 0.260. The number of aromatic nitrogens is 1. The van der Waals surface area contributed by atoms with Crippen LogP contribution in [0.2, 0.25) is 0 Å². The number of amides is 1. The molecule has 0 saturated heterocycles. The van der Waals surface area contributed by atoms with Crippen LogP contribution in [0.5, 0.6) is 0 Å². The maximum Gasteiger partial charge on any atom is 0.258 e. The first kappa shape index (κ1) is 16.0. The van der Waals surface area contributed by atoms with Crippen molar-refractivity contribution in [2.45, 2.75) is 11.1 Å². The van der Waals surface area contributed by atoms with Gasteiger partial charge in [0, 0.05) is 0 Å². The Morgan fingerprint density at radius 1 is 1.48 bits per heavy atom. The highest BCUT2D eigenvalue weighted by molar-refractivity contribution is 9.10. The first-order chi connectivity index (χ1) is 9.70. The van der Waals surface area contributed by atoms with Crippen LogP contribution in [-0.2, 0) is 10.0 Å². The molecule has 0 saturated carbocycles. The van der Waals surface area contributed by atoms with Crippen molar-refractivity contribution in [3.63, 3.8) is 0 Å².